The van der Waals surface area contributed by atoms with Crippen molar-refractivity contribution in [1.82, 2.24) is 0 Å². The van der Waals surface area contributed by atoms with Gasteiger partial charge in [-0.2, -0.15) is 5.26 Å². The number of hydrogen-bond acceptors (Lipinski definition) is 2. The lowest BCUT2D eigenvalue weighted by molar-refractivity contribution is -0.104. The standard InChI is InChI=1S/C10H6BrNO/c11-10-3-1-2-8(6-10)9(7-12)4-5-13/h1-6H. The molecule has 1 aromatic rings. The highest BCUT2D eigenvalue weighted by Crippen LogP contribution is 2.17. The highest BCUT2D eigenvalue weighted by molar-refractivity contribution is 9.10. The fourth-order valence-corrected chi connectivity index (χ4v) is 1.32. The average Bonchev–Trinajstić information content (AvgIpc) is 2.14. The number of rotatable bonds is 2. The number of nitrogens with zero attached hydrogens (tertiary/aromatic N) is 1. The lowest BCUT2D eigenvalue weighted by Gasteiger charge is -1.97. The van der Waals surface area contributed by atoms with Crippen LogP contribution in [0.5, 0.6) is 0 Å². The van der Waals surface area contributed by atoms with Gasteiger partial charge < -0.3 is 0 Å². The van der Waals surface area contributed by atoms with Gasteiger partial charge in [0.15, 0.2) is 0 Å². The first-order chi connectivity index (χ1) is 6.27. The van der Waals surface area contributed by atoms with Gasteiger partial charge in [0, 0.05) is 4.47 Å². The molecule has 1 rings (SSSR count). The molecule has 2 nitrogen and oxygen atoms in total. The Morgan fingerprint density at radius 3 is 2.85 bits per heavy atom. The van der Waals surface area contributed by atoms with Crippen LogP contribution in [0.3, 0.4) is 0 Å². The van der Waals surface area contributed by atoms with Crippen LogP contribution in [0.4, 0.5) is 0 Å². The molecule has 0 heterocycles. The lowest BCUT2D eigenvalue weighted by atomic mass is 10.1. The Labute approximate surface area is 84.6 Å². The zero-order valence-corrected chi connectivity index (χ0v) is 8.28. The molecular formula is C10H6BrNO. The van der Waals surface area contributed by atoms with Crippen LogP contribution >= 0.6 is 15.9 Å². The van der Waals surface area contributed by atoms with E-state index in [0.717, 1.165) is 10.0 Å². The van der Waals surface area contributed by atoms with E-state index in [9.17, 15) is 4.79 Å². The summed E-state index contributed by atoms with van der Waals surface area (Å²) >= 11 is 3.29. The number of nitriles is 1. The summed E-state index contributed by atoms with van der Waals surface area (Å²) in [5.74, 6) is 0. The van der Waals surface area contributed by atoms with Crippen molar-refractivity contribution < 1.29 is 4.79 Å². The van der Waals surface area contributed by atoms with Gasteiger partial charge in [0.2, 0.25) is 0 Å². The summed E-state index contributed by atoms with van der Waals surface area (Å²) in [6, 6.07) is 9.20. The zero-order chi connectivity index (χ0) is 9.68. The third-order valence-electron chi connectivity index (χ3n) is 1.49. The molecule has 3 heteroatoms. The largest absolute Gasteiger partial charge is 0.299 e. The number of benzene rings is 1. The molecule has 13 heavy (non-hydrogen) atoms. The molecule has 0 bridgehead atoms. The van der Waals surface area contributed by atoms with Gasteiger partial charge in [0.1, 0.15) is 6.29 Å². The first-order valence-corrected chi connectivity index (χ1v) is 4.38. The number of halogens is 1. The van der Waals surface area contributed by atoms with Crippen LogP contribution in [0.2, 0.25) is 0 Å². The van der Waals surface area contributed by atoms with E-state index in [2.05, 4.69) is 15.9 Å². The Bertz CT molecular complexity index is 390. The van der Waals surface area contributed by atoms with E-state index in [1.54, 1.807) is 12.1 Å². The van der Waals surface area contributed by atoms with E-state index in [-0.39, 0.29) is 0 Å². The summed E-state index contributed by atoms with van der Waals surface area (Å²) in [7, 11) is 0. The van der Waals surface area contributed by atoms with Crippen molar-refractivity contribution in [3.8, 4) is 6.07 Å². The topological polar surface area (TPSA) is 40.9 Å². The molecule has 0 saturated carbocycles. The van der Waals surface area contributed by atoms with E-state index in [0.29, 0.717) is 11.9 Å². The Kier molecular flexibility index (Phi) is 3.41. The second kappa shape index (κ2) is 4.58. The van der Waals surface area contributed by atoms with Crippen molar-refractivity contribution in [2.24, 2.45) is 0 Å². The summed E-state index contributed by atoms with van der Waals surface area (Å²) in [6.45, 7) is 0. The van der Waals surface area contributed by atoms with Gasteiger partial charge in [-0.05, 0) is 23.8 Å². The predicted molar refractivity (Wildman–Crippen MR) is 53.8 cm³/mol. The van der Waals surface area contributed by atoms with Gasteiger partial charge in [-0.1, -0.05) is 28.1 Å². The van der Waals surface area contributed by atoms with Gasteiger partial charge in [-0.25, -0.2) is 0 Å². The maximum atomic E-state index is 10.2. The zero-order valence-electron chi connectivity index (χ0n) is 6.70. The molecule has 0 unspecified atom stereocenters. The molecule has 0 atom stereocenters. The molecule has 1 aromatic carbocycles. The van der Waals surface area contributed by atoms with Crippen molar-refractivity contribution in [2.45, 2.75) is 0 Å². The first kappa shape index (κ1) is 9.69. The maximum Gasteiger partial charge on any atom is 0.144 e. The van der Waals surface area contributed by atoms with Crippen molar-refractivity contribution in [1.29, 1.82) is 5.26 Å². The fourth-order valence-electron chi connectivity index (χ4n) is 0.922. The van der Waals surface area contributed by atoms with E-state index >= 15 is 0 Å². The van der Waals surface area contributed by atoms with Crippen molar-refractivity contribution >= 4 is 27.8 Å². The van der Waals surface area contributed by atoms with E-state index in [1.807, 2.05) is 18.2 Å². The normalized spacial score (nSPS) is 10.6. The average molecular weight is 236 g/mol. The molecule has 0 aliphatic heterocycles. The molecule has 0 radical (unpaired) electrons. The Morgan fingerprint density at radius 2 is 2.31 bits per heavy atom. The van der Waals surface area contributed by atoms with Crippen LogP contribution in [-0.2, 0) is 4.79 Å². The first-order valence-electron chi connectivity index (χ1n) is 3.59. The molecular weight excluding hydrogens is 230 g/mol. The third kappa shape index (κ3) is 2.53. The van der Waals surface area contributed by atoms with Crippen molar-refractivity contribution in [3.63, 3.8) is 0 Å². The SMILES string of the molecule is N#CC(=CC=O)c1cccc(Br)c1. The number of allylic oxidation sites excluding steroid dienone is 2. The molecule has 0 N–H and O–H groups in total. The van der Waals surface area contributed by atoms with Crippen molar-refractivity contribution in [2.75, 3.05) is 0 Å². The van der Waals surface area contributed by atoms with Crippen LogP contribution in [0.1, 0.15) is 5.56 Å². The van der Waals surface area contributed by atoms with Gasteiger partial charge in [-0.15, -0.1) is 0 Å². The van der Waals surface area contributed by atoms with E-state index in [4.69, 9.17) is 5.26 Å². The molecule has 0 aliphatic carbocycles. The van der Waals surface area contributed by atoms with Gasteiger partial charge in [-0.3, -0.25) is 4.79 Å². The van der Waals surface area contributed by atoms with Gasteiger partial charge in [0.25, 0.3) is 0 Å². The smallest absolute Gasteiger partial charge is 0.144 e. The Morgan fingerprint density at radius 1 is 1.54 bits per heavy atom. The number of hydrogen-bond donors (Lipinski definition) is 0. The van der Waals surface area contributed by atoms with Crippen LogP contribution in [-0.4, -0.2) is 6.29 Å². The minimum atomic E-state index is 0.372. The second-order valence-corrected chi connectivity index (χ2v) is 3.25. The number of carbonyl (C=O) groups excluding carboxylic acids is 1. The Hall–Kier alpha value is -1.40. The third-order valence-corrected chi connectivity index (χ3v) is 1.98. The summed E-state index contributed by atoms with van der Waals surface area (Å²) < 4.78 is 0.886. The fraction of sp³-hybridized carbons (Fsp3) is 0. The molecule has 64 valence electrons. The minimum Gasteiger partial charge on any atom is -0.299 e. The van der Waals surface area contributed by atoms with E-state index < -0.39 is 0 Å². The summed E-state index contributed by atoms with van der Waals surface area (Å²) in [6.07, 6.45) is 1.86. The highest BCUT2D eigenvalue weighted by Gasteiger charge is 1.99. The molecule has 0 aromatic heterocycles. The quantitative estimate of drug-likeness (QED) is 0.449. The van der Waals surface area contributed by atoms with Crippen molar-refractivity contribution in [3.05, 3.63) is 40.4 Å². The van der Waals surface area contributed by atoms with Crippen LogP contribution in [0.15, 0.2) is 34.8 Å². The minimum absolute atomic E-state index is 0.372. The second-order valence-electron chi connectivity index (χ2n) is 2.34. The predicted octanol–water partition coefficient (Wildman–Crippen LogP) is 2.55. The molecule has 0 saturated heterocycles. The summed E-state index contributed by atoms with van der Waals surface area (Å²) in [4.78, 5) is 10.2. The summed E-state index contributed by atoms with van der Waals surface area (Å²) in [5, 5.41) is 8.71. The number of aldehydes is 1. The maximum absolute atomic E-state index is 10.2. The van der Waals surface area contributed by atoms with Crippen LogP contribution in [0, 0.1) is 11.3 Å². The number of carbonyl (C=O) groups is 1. The molecule has 0 fully saturated rings. The van der Waals surface area contributed by atoms with E-state index in [1.165, 1.54) is 6.08 Å². The lowest BCUT2D eigenvalue weighted by Crippen LogP contribution is -1.81. The molecule has 0 aliphatic rings. The monoisotopic (exact) mass is 235 g/mol. The molecule has 0 amide bonds. The van der Waals surface area contributed by atoms with Crippen LogP contribution in [0.25, 0.3) is 5.57 Å². The molecule has 0 spiro atoms. The van der Waals surface area contributed by atoms with Crippen LogP contribution < -0.4 is 0 Å². The summed E-state index contributed by atoms with van der Waals surface area (Å²) in [5.41, 5.74) is 1.11. The Balaban J connectivity index is 3.14. The highest BCUT2D eigenvalue weighted by atomic mass is 79.9. The van der Waals surface area contributed by atoms with Gasteiger partial charge >= 0.3 is 0 Å². The van der Waals surface area contributed by atoms with Gasteiger partial charge in [0.05, 0.1) is 11.6 Å².